The first-order valence-corrected chi connectivity index (χ1v) is 7.68. The van der Waals surface area contributed by atoms with Gasteiger partial charge in [-0.15, -0.1) is 0 Å². The van der Waals surface area contributed by atoms with Gasteiger partial charge in [0.05, 0.1) is 17.5 Å². The van der Waals surface area contributed by atoms with E-state index in [4.69, 9.17) is 11.6 Å². The Labute approximate surface area is 129 Å². The Morgan fingerprint density at radius 1 is 1.43 bits per heavy atom. The first-order valence-electron chi connectivity index (χ1n) is 7.31. The maximum absolute atomic E-state index is 12.8. The molecular formula is C16H18ClN3O. The van der Waals surface area contributed by atoms with Crippen molar-refractivity contribution in [3.05, 3.63) is 41.0 Å². The minimum Gasteiger partial charge on any atom is -0.336 e. The van der Waals surface area contributed by atoms with Gasteiger partial charge in [-0.2, -0.15) is 5.10 Å². The summed E-state index contributed by atoms with van der Waals surface area (Å²) in [6, 6.07) is 7.78. The van der Waals surface area contributed by atoms with Crippen molar-refractivity contribution >= 4 is 17.5 Å². The van der Waals surface area contributed by atoms with Gasteiger partial charge in [0.2, 0.25) is 0 Å². The molecule has 1 unspecified atom stereocenters. The summed E-state index contributed by atoms with van der Waals surface area (Å²) in [5.74, 6) is 0.0676. The molecule has 1 N–H and O–H groups in total. The highest BCUT2D eigenvalue weighted by molar-refractivity contribution is 6.30. The molecule has 3 rings (SSSR count). The fourth-order valence-corrected chi connectivity index (χ4v) is 3.09. The van der Waals surface area contributed by atoms with Crippen LogP contribution in [0.1, 0.15) is 36.5 Å². The minimum absolute atomic E-state index is 0.0676. The molecule has 4 nitrogen and oxygen atoms in total. The third-order valence-corrected chi connectivity index (χ3v) is 4.36. The van der Waals surface area contributed by atoms with Crippen LogP contribution >= 0.6 is 11.6 Å². The van der Waals surface area contributed by atoms with E-state index in [0.717, 1.165) is 37.1 Å². The van der Waals surface area contributed by atoms with E-state index < -0.39 is 0 Å². The van der Waals surface area contributed by atoms with Crippen LogP contribution < -0.4 is 0 Å². The van der Waals surface area contributed by atoms with Crippen molar-refractivity contribution in [2.75, 3.05) is 6.54 Å². The number of nitrogens with one attached hydrogen (secondary N) is 1. The van der Waals surface area contributed by atoms with Crippen LogP contribution in [-0.4, -0.2) is 33.6 Å². The summed E-state index contributed by atoms with van der Waals surface area (Å²) in [6.45, 7) is 2.97. The second-order valence-electron chi connectivity index (χ2n) is 5.37. The monoisotopic (exact) mass is 303 g/mol. The van der Waals surface area contributed by atoms with Gasteiger partial charge < -0.3 is 4.90 Å². The van der Waals surface area contributed by atoms with E-state index in [1.807, 2.05) is 29.2 Å². The summed E-state index contributed by atoms with van der Waals surface area (Å²) < 4.78 is 0. The van der Waals surface area contributed by atoms with E-state index >= 15 is 0 Å². The highest BCUT2D eigenvalue weighted by Crippen LogP contribution is 2.27. The molecule has 21 heavy (non-hydrogen) atoms. The molecule has 0 spiro atoms. The average molecular weight is 304 g/mol. The molecule has 1 atom stereocenters. The third kappa shape index (κ3) is 2.68. The van der Waals surface area contributed by atoms with E-state index in [-0.39, 0.29) is 5.91 Å². The van der Waals surface area contributed by atoms with E-state index in [9.17, 15) is 4.79 Å². The molecule has 5 heteroatoms. The lowest BCUT2D eigenvalue weighted by molar-refractivity contribution is 0.0734. The van der Waals surface area contributed by atoms with E-state index in [0.29, 0.717) is 16.6 Å². The Morgan fingerprint density at radius 2 is 2.19 bits per heavy atom. The van der Waals surface area contributed by atoms with Crippen LogP contribution in [0.4, 0.5) is 0 Å². The van der Waals surface area contributed by atoms with Crippen LogP contribution in [0.3, 0.4) is 0 Å². The molecule has 1 aromatic carbocycles. The van der Waals surface area contributed by atoms with Gasteiger partial charge in [-0.3, -0.25) is 9.89 Å². The zero-order valence-corrected chi connectivity index (χ0v) is 12.7. The molecule has 1 aliphatic heterocycles. The number of carbonyl (C=O) groups is 1. The molecule has 1 aliphatic rings. The maximum atomic E-state index is 12.8. The number of rotatable bonds is 3. The third-order valence-electron chi connectivity index (χ3n) is 4.11. The number of nitrogens with zero attached hydrogens (tertiary/aromatic N) is 2. The molecule has 1 amide bonds. The van der Waals surface area contributed by atoms with Gasteiger partial charge in [0.25, 0.3) is 5.91 Å². The Bertz CT molecular complexity index is 635. The summed E-state index contributed by atoms with van der Waals surface area (Å²) in [5.41, 5.74) is 2.32. The minimum atomic E-state index is 0.0676. The molecule has 0 radical (unpaired) electrons. The molecular weight excluding hydrogens is 286 g/mol. The van der Waals surface area contributed by atoms with Crippen molar-refractivity contribution in [3.8, 4) is 11.3 Å². The van der Waals surface area contributed by atoms with Crippen molar-refractivity contribution < 1.29 is 4.79 Å². The van der Waals surface area contributed by atoms with Crippen molar-refractivity contribution in [1.82, 2.24) is 15.1 Å². The van der Waals surface area contributed by atoms with Crippen LogP contribution in [0, 0.1) is 0 Å². The molecule has 0 bridgehead atoms. The predicted octanol–water partition coefficient (Wildman–Crippen LogP) is 3.74. The van der Waals surface area contributed by atoms with Gasteiger partial charge in [0, 0.05) is 23.2 Å². The number of amides is 1. The number of H-pyrrole nitrogens is 1. The molecule has 0 saturated carbocycles. The number of aromatic amines is 1. The van der Waals surface area contributed by atoms with Crippen LogP contribution in [0.25, 0.3) is 11.3 Å². The fourth-order valence-electron chi connectivity index (χ4n) is 2.97. The van der Waals surface area contributed by atoms with E-state index in [1.54, 1.807) is 6.20 Å². The maximum Gasteiger partial charge on any atom is 0.257 e. The second kappa shape index (κ2) is 5.90. The summed E-state index contributed by atoms with van der Waals surface area (Å²) >= 11 is 5.92. The van der Waals surface area contributed by atoms with Gasteiger partial charge in [0.15, 0.2) is 0 Å². The average Bonchev–Trinajstić information content (AvgIpc) is 3.16. The summed E-state index contributed by atoms with van der Waals surface area (Å²) in [7, 11) is 0. The van der Waals surface area contributed by atoms with Crippen molar-refractivity contribution in [3.63, 3.8) is 0 Å². The van der Waals surface area contributed by atoms with E-state index in [1.165, 1.54) is 0 Å². The van der Waals surface area contributed by atoms with Crippen molar-refractivity contribution in [2.45, 2.75) is 32.2 Å². The van der Waals surface area contributed by atoms with Gasteiger partial charge in [-0.1, -0.05) is 30.7 Å². The number of aromatic nitrogens is 2. The highest BCUT2D eigenvalue weighted by atomic mass is 35.5. The molecule has 1 fully saturated rings. The van der Waals surface area contributed by atoms with Crippen LogP contribution in [-0.2, 0) is 0 Å². The second-order valence-corrected chi connectivity index (χ2v) is 5.80. The zero-order valence-electron chi connectivity index (χ0n) is 12.0. The van der Waals surface area contributed by atoms with Crippen LogP contribution in [0.15, 0.2) is 30.5 Å². The van der Waals surface area contributed by atoms with Crippen molar-refractivity contribution in [2.24, 2.45) is 0 Å². The Balaban J connectivity index is 1.91. The normalized spacial score (nSPS) is 18.2. The lowest BCUT2D eigenvalue weighted by atomic mass is 10.1. The first kappa shape index (κ1) is 14.1. The van der Waals surface area contributed by atoms with E-state index in [2.05, 4.69) is 17.1 Å². The molecule has 110 valence electrons. The zero-order chi connectivity index (χ0) is 14.8. The Hall–Kier alpha value is -1.81. The SMILES string of the molecule is CCC1CCCN1C(=O)c1cn[nH]c1-c1ccc(Cl)cc1. The molecule has 2 heterocycles. The van der Waals surface area contributed by atoms with Crippen molar-refractivity contribution in [1.29, 1.82) is 0 Å². The van der Waals surface area contributed by atoms with Gasteiger partial charge in [-0.05, 0) is 31.4 Å². The standard InChI is InChI=1S/C16H18ClN3O/c1-2-13-4-3-9-20(13)16(21)14-10-18-19-15(14)11-5-7-12(17)8-6-11/h5-8,10,13H,2-4,9H2,1H3,(H,18,19). The number of likely N-dealkylation sites (tertiary alicyclic amines) is 1. The number of hydrogen-bond acceptors (Lipinski definition) is 2. The predicted molar refractivity (Wildman–Crippen MR) is 83.4 cm³/mol. The summed E-state index contributed by atoms with van der Waals surface area (Å²) in [6.07, 6.45) is 4.80. The molecule has 1 aromatic heterocycles. The number of carbonyl (C=O) groups excluding carboxylic acids is 1. The summed E-state index contributed by atoms with van der Waals surface area (Å²) in [4.78, 5) is 14.8. The number of hydrogen-bond donors (Lipinski definition) is 1. The van der Waals surface area contributed by atoms with Gasteiger partial charge in [-0.25, -0.2) is 0 Å². The largest absolute Gasteiger partial charge is 0.336 e. The Kier molecular flexibility index (Phi) is 3.97. The lowest BCUT2D eigenvalue weighted by Crippen LogP contribution is -2.35. The fraction of sp³-hybridized carbons (Fsp3) is 0.375. The smallest absolute Gasteiger partial charge is 0.257 e. The quantitative estimate of drug-likeness (QED) is 0.939. The lowest BCUT2D eigenvalue weighted by Gasteiger charge is -2.23. The highest BCUT2D eigenvalue weighted by Gasteiger charge is 2.30. The molecule has 1 saturated heterocycles. The Morgan fingerprint density at radius 3 is 2.90 bits per heavy atom. The summed E-state index contributed by atoms with van der Waals surface area (Å²) in [5, 5.41) is 7.67. The number of benzene rings is 1. The molecule has 0 aliphatic carbocycles. The van der Waals surface area contributed by atoms with Gasteiger partial charge >= 0.3 is 0 Å². The topological polar surface area (TPSA) is 49.0 Å². The van der Waals surface area contributed by atoms with Crippen LogP contribution in [0.5, 0.6) is 0 Å². The number of halogens is 1. The molecule has 2 aromatic rings. The first-order chi connectivity index (χ1) is 10.2. The van der Waals surface area contributed by atoms with Crippen LogP contribution in [0.2, 0.25) is 5.02 Å². The van der Waals surface area contributed by atoms with Gasteiger partial charge in [0.1, 0.15) is 0 Å².